The molecule has 0 spiro atoms. The average molecular weight is 314 g/mol. The van der Waals surface area contributed by atoms with E-state index in [1.807, 2.05) is 0 Å². The van der Waals surface area contributed by atoms with Crippen LogP contribution in [0.15, 0.2) is 59.4 Å². The fourth-order valence-electron chi connectivity index (χ4n) is 1.77. The van der Waals surface area contributed by atoms with Crippen molar-refractivity contribution in [2.75, 3.05) is 5.32 Å². The summed E-state index contributed by atoms with van der Waals surface area (Å²) in [5.41, 5.74) is 0.852. The van der Waals surface area contributed by atoms with Crippen LogP contribution >= 0.6 is 11.3 Å². The number of carbonyl (C=O) groups is 1. The third-order valence-electron chi connectivity index (χ3n) is 2.81. The van der Waals surface area contributed by atoms with Gasteiger partial charge >= 0.3 is 0 Å². The molecule has 110 valence electrons. The van der Waals surface area contributed by atoms with Crippen LogP contribution in [-0.4, -0.2) is 10.9 Å². The van der Waals surface area contributed by atoms with E-state index in [1.165, 1.54) is 35.8 Å². The minimum absolute atomic E-state index is 0.287. The minimum atomic E-state index is -0.295. The molecule has 1 N–H and O–H groups in total. The number of aromatic nitrogens is 1. The van der Waals surface area contributed by atoms with Crippen molar-refractivity contribution in [3.05, 3.63) is 66.5 Å². The number of hydrogen-bond acceptors (Lipinski definition) is 4. The van der Waals surface area contributed by atoms with Gasteiger partial charge in [-0.1, -0.05) is 23.5 Å². The van der Waals surface area contributed by atoms with E-state index in [0.29, 0.717) is 10.9 Å². The molecule has 0 aliphatic carbocycles. The van der Waals surface area contributed by atoms with Crippen molar-refractivity contribution in [2.45, 2.75) is 0 Å². The fourth-order valence-corrected chi connectivity index (χ4v) is 2.60. The van der Waals surface area contributed by atoms with Gasteiger partial charge in [0, 0.05) is 12.3 Å². The lowest BCUT2D eigenvalue weighted by Crippen LogP contribution is -2.06. The Hall–Kier alpha value is -2.73. The lowest BCUT2D eigenvalue weighted by Gasteiger charge is -1.96. The number of nitrogens with one attached hydrogen (secondary N) is 1. The van der Waals surface area contributed by atoms with E-state index in [0.717, 1.165) is 10.4 Å². The molecule has 0 aliphatic heterocycles. The molecule has 2 aromatic heterocycles. The van der Waals surface area contributed by atoms with Gasteiger partial charge in [-0.15, -0.1) is 0 Å². The maximum atomic E-state index is 12.9. The van der Waals surface area contributed by atoms with Crippen LogP contribution in [-0.2, 0) is 4.79 Å². The zero-order valence-electron chi connectivity index (χ0n) is 11.3. The van der Waals surface area contributed by atoms with Crippen LogP contribution in [0.3, 0.4) is 0 Å². The van der Waals surface area contributed by atoms with E-state index in [2.05, 4.69) is 10.3 Å². The summed E-state index contributed by atoms with van der Waals surface area (Å²) in [4.78, 5) is 16.8. The minimum Gasteiger partial charge on any atom is -0.465 e. The summed E-state index contributed by atoms with van der Waals surface area (Å²) in [6.07, 6.45) is 6.12. The Bertz CT molecular complexity index is 792. The molecule has 3 aromatic rings. The summed E-state index contributed by atoms with van der Waals surface area (Å²) in [6.45, 7) is 0. The molecule has 0 unspecified atom stereocenters. The van der Waals surface area contributed by atoms with Gasteiger partial charge in [0.15, 0.2) is 5.13 Å². The topological polar surface area (TPSA) is 55.1 Å². The van der Waals surface area contributed by atoms with Crippen molar-refractivity contribution in [2.24, 2.45) is 0 Å². The van der Waals surface area contributed by atoms with Crippen molar-refractivity contribution >= 4 is 28.5 Å². The first kappa shape index (κ1) is 14.2. The number of thiazole rings is 1. The van der Waals surface area contributed by atoms with Crippen LogP contribution < -0.4 is 5.32 Å². The number of nitrogens with zero attached hydrogens (tertiary/aromatic N) is 1. The Balaban J connectivity index is 1.66. The van der Waals surface area contributed by atoms with Crippen LogP contribution in [0.2, 0.25) is 0 Å². The summed E-state index contributed by atoms with van der Waals surface area (Å²) in [5.74, 6) is 0.0163. The van der Waals surface area contributed by atoms with Crippen molar-refractivity contribution < 1.29 is 13.6 Å². The van der Waals surface area contributed by atoms with Crippen LogP contribution in [0.5, 0.6) is 0 Å². The van der Waals surface area contributed by atoms with Crippen LogP contribution in [0.25, 0.3) is 16.5 Å². The van der Waals surface area contributed by atoms with E-state index < -0.39 is 0 Å². The second kappa shape index (κ2) is 6.36. The third kappa shape index (κ3) is 3.48. The molecule has 1 amide bonds. The third-order valence-corrected chi connectivity index (χ3v) is 3.77. The summed E-state index contributed by atoms with van der Waals surface area (Å²) < 4.78 is 18.0. The van der Waals surface area contributed by atoms with Crippen LogP contribution in [0, 0.1) is 5.82 Å². The van der Waals surface area contributed by atoms with E-state index in [4.69, 9.17) is 4.42 Å². The monoisotopic (exact) mass is 314 g/mol. The Kier molecular flexibility index (Phi) is 4.11. The Labute approximate surface area is 129 Å². The highest BCUT2D eigenvalue weighted by atomic mass is 32.1. The SMILES string of the molecule is O=C(/C=C/c1ccco1)Nc1ncc(-c2ccc(F)cc2)s1. The summed E-state index contributed by atoms with van der Waals surface area (Å²) in [5, 5.41) is 3.15. The highest BCUT2D eigenvalue weighted by Gasteiger charge is 2.06. The zero-order chi connectivity index (χ0) is 15.4. The first-order chi connectivity index (χ1) is 10.7. The predicted octanol–water partition coefficient (Wildman–Crippen LogP) is 4.19. The molecule has 0 fully saturated rings. The van der Waals surface area contributed by atoms with Gasteiger partial charge in [0.1, 0.15) is 11.6 Å². The molecule has 0 saturated carbocycles. The number of carbonyl (C=O) groups excluding carboxylic acids is 1. The van der Waals surface area contributed by atoms with Crippen molar-refractivity contribution in [1.82, 2.24) is 4.98 Å². The van der Waals surface area contributed by atoms with E-state index >= 15 is 0 Å². The molecule has 6 heteroatoms. The predicted molar refractivity (Wildman–Crippen MR) is 83.9 cm³/mol. The normalized spacial score (nSPS) is 11.0. The van der Waals surface area contributed by atoms with Gasteiger partial charge in [-0.3, -0.25) is 10.1 Å². The zero-order valence-corrected chi connectivity index (χ0v) is 12.1. The molecule has 1 aromatic carbocycles. The second-order valence-corrected chi connectivity index (χ2v) is 5.41. The molecular weight excluding hydrogens is 303 g/mol. The lowest BCUT2D eigenvalue weighted by molar-refractivity contribution is -0.111. The number of hydrogen-bond donors (Lipinski definition) is 1. The smallest absolute Gasteiger partial charge is 0.250 e. The second-order valence-electron chi connectivity index (χ2n) is 4.37. The van der Waals surface area contributed by atoms with Gasteiger partial charge in [0.2, 0.25) is 5.91 Å². The molecule has 22 heavy (non-hydrogen) atoms. The highest BCUT2D eigenvalue weighted by Crippen LogP contribution is 2.28. The molecule has 0 saturated heterocycles. The maximum Gasteiger partial charge on any atom is 0.250 e. The van der Waals surface area contributed by atoms with Crippen molar-refractivity contribution in [1.29, 1.82) is 0 Å². The highest BCUT2D eigenvalue weighted by molar-refractivity contribution is 7.19. The van der Waals surface area contributed by atoms with Gasteiger partial charge in [-0.25, -0.2) is 9.37 Å². The van der Waals surface area contributed by atoms with E-state index in [1.54, 1.807) is 36.5 Å². The van der Waals surface area contributed by atoms with Gasteiger partial charge in [-0.2, -0.15) is 0 Å². The summed E-state index contributed by atoms with van der Waals surface area (Å²) in [6, 6.07) is 9.61. The summed E-state index contributed by atoms with van der Waals surface area (Å²) in [7, 11) is 0. The van der Waals surface area contributed by atoms with Crippen LogP contribution in [0.4, 0.5) is 9.52 Å². The maximum absolute atomic E-state index is 12.9. The van der Waals surface area contributed by atoms with Gasteiger partial charge < -0.3 is 4.42 Å². The Morgan fingerprint density at radius 1 is 1.27 bits per heavy atom. The number of halogens is 1. The molecule has 3 rings (SSSR count). The van der Waals surface area contributed by atoms with E-state index in [-0.39, 0.29) is 11.7 Å². The lowest BCUT2D eigenvalue weighted by atomic mass is 10.2. The van der Waals surface area contributed by atoms with Crippen molar-refractivity contribution in [3.63, 3.8) is 0 Å². The molecule has 0 radical (unpaired) electrons. The first-order valence-corrected chi connectivity index (χ1v) is 7.27. The first-order valence-electron chi connectivity index (χ1n) is 6.45. The standard InChI is InChI=1S/C16H11FN2O2S/c17-12-5-3-11(4-6-12)14-10-18-16(22-14)19-15(20)8-7-13-2-1-9-21-13/h1-10H,(H,18,19,20)/b8-7+. The number of anilines is 1. The quantitative estimate of drug-likeness (QED) is 0.734. The number of furan rings is 1. The number of benzene rings is 1. The van der Waals surface area contributed by atoms with E-state index in [9.17, 15) is 9.18 Å². The largest absolute Gasteiger partial charge is 0.465 e. The molecular formula is C16H11FN2O2S. The molecule has 2 heterocycles. The Morgan fingerprint density at radius 3 is 2.82 bits per heavy atom. The molecule has 0 atom stereocenters. The Morgan fingerprint density at radius 2 is 2.09 bits per heavy atom. The van der Waals surface area contributed by atoms with Crippen LogP contribution in [0.1, 0.15) is 5.76 Å². The van der Waals surface area contributed by atoms with Crippen molar-refractivity contribution in [3.8, 4) is 10.4 Å². The molecule has 4 nitrogen and oxygen atoms in total. The number of amides is 1. The summed E-state index contributed by atoms with van der Waals surface area (Å²) >= 11 is 1.32. The van der Waals surface area contributed by atoms with Gasteiger partial charge in [-0.05, 0) is 35.9 Å². The van der Waals surface area contributed by atoms with Gasteiger partial charge in [0.05, 0.1) is 11.1 Å². The van der Waals surface area contributed by atoms with Gasteiger partial charge in [0.25, 0.3) is 0 Å². The number of rotatable bonds is 4. The fraction of sp³-hybridized carbons (Fsp3) is 0. The average Bonchev–Trinajstić information content (AvgIpc) is 3.17. The molecule has 0 aliphatic rings. The molecule has 0 bridgehead atoms.